The Bertz CT molecular complexity index is 717. The number of rotatable bonds is 5. The highest BCUT2D eigenvalue weighted by atomic mass is 79.9. The molecule has 1 saturated carbocycles. The number of hydrogen-bond acceptors (Lipinski definition) is 6. The first-order valence-corrected chi connectivity index (χ1v) is 10.2. The maximum absolute atomic E-state index is 12.2. The standard InChI is InChI=1S/C13H15BrN2O3S2/c14-9-7-11(20-8-9)13-15-12(19-16-13)5-6-21(17,18)10-3-1-2-4-10/h7-8,10H,1-6H2. The zero-order chi connectivity index (χ0) is 14.9. The molecule has 3 rings (SSSR count). The fourth-order valence-electron chi connectivity index (χ4n) is 2.53. The average molecular weight is 391 g/mol. The summed E-state index contributed by atoms with van der Waals surface area (Å²) in [5.41, 5.74) is 0. The van der Waals surface area contributed by atoms with Crippen molar-refractivity contribution in [3.63, 3.8) is 0 Å². The molecule has 0 aliphatic heterocycles. The molecule has 2 aromatic rings. The normalized spacial score (nSPS) is 16.6. The molecule has 0 spiro atoms. The van der Waals surface area contributed by atoms with Crippen molar-refractivity contribution < 1.29 is 12.9 Å². The second kappa shape index (κ2) is 6.18. The highest BCUT2D eigenvalue weighted by Gasteiger charge is 2.28. The minimum absolute atomic E-state index is 0.0907. The lowest BCUT2D eigenvalue weighted by atomic mass is 10.4. The van der Waals surface area contributed by atoms with E-state index in [1.54, 1.807) is 0 Å². The Morgan fingerprint density at radius 2 is 2.14 bits per heavy atom. The van der Waals surface area contributed by atoms with E-state index in [0.29, 0.717) is 18.1 Å². The molecule has 8 heteroatoms. The van der Waals surface area contributed by atoms with Gasteiger partial charge in [0.15, 0.2) is 9.84 Å². The molecule has 0 saturated heterocycles. The number of aromatic nitrogens is 2. The van der Waals surface area contributed by atoms with E-state index in [2.05, 4.69) is 26.1 Å². The van der Waals surface area contributed by atoms with E-state index in [4.69, 9.17) is 4.52 Å². The largest absolute Gasteiger partial charge is 0.339 e. The van der Waals surface area contributed by atoms with E-state index in [0.717, 1.165) is 35.0 Å². The van der Waals surface area contributed by atoms with Crippen molar-refractivity contribution in [3.05, 3.63) is 21.8 Å². The van der Waals surface area contributed by atoms with Crippen LogP contribution in [0.4, 0.5) is 0 Å². The summed E-state index contributed by atoms with van der Waals surface area (Å²) in [6, 6.07) is 1.91. The fraction of sp³-hybridized carbons (Fsp3) is 0.538. The third-order valence-corrected chi connectivity index (χ3v) is 7.61. The Labute approximate surface area is 135 Å². The Balaban J connectivity index is 1.65. The zero-order valence-corrected chi connectivity index (χ0v) is 14.5. The third kappa shape index (κ3) is 3.54. The molecular formula is C13H15BrN2O3S2. The van der Waals surface area contributed by atoms with E-state index in [-0.39, 0.29) is 11.0 Å². The Morgan fingerprint density at radius 3 is 2.81 bits per heavy atom. The Kier molecular flexibility index (Phi) is 4.46. The van der Waals surface area contributed by atoms with Crippen LogP contribution in [0, 0.1) is 0 Å². The molecule has 1 aliphatic rings. The Morgan fingerprint density at radius 1 is 1.38 bits per heavy atom. The molecule has 2 aromatic heterocycles. The highest BCUT2D eigenvalue weighted by Crippen LogP contribution is 2.28. The summed E-state index contributed by atoms with van der Waals surface area (Å²) in [4.78, 5) is 5.17. The van der Waals surface area contributed by atoms with Gasteiger partial charge in [0.05, 0.1) is 15.9 Å². The lowest BCUT2D eigenvalue weighted by Crippen LogP contribution is -2.22. The first-order chi connectivity index (χ1) is 10.0. The van der Waals surface area contributed by atoms with Gasteiger partial charge in [0.2, 0.25) is 11.7 Å². The van der Waals surface area contributed by atoms with Crippen LogP contribution in [0.3, 0.4) is 0 Å². The molecule has 0 amide bonds. The van der Waals surface area contributed by atoms with Gasteiger partial charge in [0.1, 0.15) is 0 Å². The van der Waals surface area contributed by atoms with E-state index in [1.165, 1.54) is 11.3 Å². The summed E-state index contributed by atoms with van der Waals surface area (Å²) < 4.78 is 30.5. The van der Waals surface area contributed by atoms with Crippen LogP contribution in [0.2, 0.25) is 0 Å². The second-order valence-electron chi connectivity index (χ2n) is 5.16. The lowest BCUT2D eigenvalue weighted by Gasteiger charge is -2.09. The van der Waals surface area contributed by atoms with Crippen LogP contribution in [0.1, 0.15) is 31.6 Å². The zero-order valence-electron chi connectivity index (χ0n) is 11.3. The molecular weight excluding hydrogens is 376 g/mol. The van der Waals surface area contributed by atoms with Crippen molar-refractivity contribution in [2.75, 3.05) is 5.75 Å². The molecule has 0 radical (unpaired) electrons. The molecule has 0 atom stereocenters. The molecule has 21 heavy (non-hydrogen) atoms. The third-order valence-electron chi connectivity index (χ3n) is 3.67. The van der Waals surface area contributed by atoms with Crippen molar-refractivity contribution in [2.45, 2.75) is 37.4 Å². The smallest absolute Gasteiger partial charge is 0.228 e. The van der Waals surface area contributed by atoms with Crippen molar-refractivity contribution in [3.8, 4) is 10.7 Å². The topological polar surface area (TPSA) is 73.1 Å². The van der Waals surface area contributed by atoms with Crippen LogP contribution >= 0.6 is 27.3 Å². The summed E-state index contributed by atoms with van der Waals surface area (Å²) in [6.45, 7) is 0. The summed E-state index contributed by atoms with van der Waals surface area (Å²) in [5.74, 6) is 0.989. The van der Waals surface area contributed by atoms with Crippen molar-refractivity contribution in [1.82, 2.24) is 10.1 Å². The predicted molar refractivity (Wildman–Crippen MR) is 85.1 cm³/mol. The molecule has 0 unspecified atom stereocenters. The number of halogens is 1. The number of thiophene rings is 1. The molecule has 0 bridgehead atoms. The van der Waals surface area contributed by atoms with E-state index in [9.17, 15) is 8.42 Å². The SMILES string of the molecule is O=S(=O)(CCc1nc(-c2cc(Br)cs2)no1)C1CCCC1. The number of hydrogen-bond donors (Lipinski definition) is 0. The minimum Gasteiger partial charge on any atom is -0.339 e. The van der Waals surface area contributed by atoms with Gasteiger partial charge in [-0.05, 0) is 34.8 Å². The van der Waals surface area contributed by atoms with Gasteiger partial charge in [-0.15, -0.1) is 11.3 Å². The number of nitrogens with zero attached hydrogens (tertiary/aromatic N) is 2. The van der Waals surface area contributed by atoms with Crippen molar-refractivity contribution in [1.29, 1.82) is 0 Å². The van der Waals surface area contributed by atoms with Crippen LogP contribution in [0.15, 0.2) is 20.4 Å². The quantitative estimate of drug-likeness (QED) is 0.781. The van der Waals surface area contributed by atoms with Gasteiger partial charge in [-0.25, -0.2) is 8.42 Å². The van der Waals surface area contributed by atoms with Crippen molar-refractivity contribution in [2.24, 2.45) is 0 Å². The van der Waals surface area contributed by atoms with Crippen LogP contribution in [0.25, 0.3) is 10.7 Å². The maximum Gasteiger partial charge on any atom is 0.228 e. The summed E-state index contributed by atoms with van der Waals surface area (Å²) in [7, 11) is -3.04. The monoisotopic (exact) mass is 390 g/mol. The molecule has 0 N–H and O–H groups in total. The van der Waals surface area contributed by atoms with Gasteiger partial charge < -0.3 is 4.52 Å². The second-order valence-corrected chi connectivity index (χ2v) is 9.39. The van der Waals surface area contributed by atoms with Crippen LogP contribution in [-0.4, -0.2) is 29.6 Å². The van der Waals surface area contributed by atoms with Gasteiger partial charge in [0, 0.05) is 16.3 Å². The van der Waals surface area contributed by atoms with Crippen LogP contribution < -0.4 is 0 Å². The first kappa shape index (κ1) is 15.2. The van der Waals surface area contributed by atoms with Crippen LogP contribution in [0.5, 0.6) is 0 Å². The van der Waals surface area contributed by atoms with Gasteiger partial charge in [-0.2, -0.15) is 4.98 Å². The molecule has 5 nitrogen and oxygen atoms in total. The summed E-state index contributed by atoms with van der Waals surface area (Å²) in [5, 5.41) is 5.67. The molecule has 1 aliphatic carbocycles. The first-order valence-electron chi connectivity index (χ1n) is 6.83. The van der Waals surface area contributed by atoms with E-state index < -0.39 is 9.84 Å². The summed E-state index contributed by atoms with van der Waals surface area (Å²) in [6.07, 6.45) is 3.91. The van der Waals surface area contributed by atoms with Gasteiger partial charge in [-0.1, -0.05) is 18.0 Å². The molecule has 0 aromatic carbocycles. The number of sulfone groups is 1. The van der Waals surface area contributed by atoms with Crippen molar-refractivity contribution >= 4 is 37.1 Å². The van der Waals surface area contributed by atoms with Gasteiger partial charge in [-0.3, -0.25) is 0 Å². The summed E-state index contributed by atoms with van der Waals surface area (Å²) >= 11 is 4.89. The van der Waals surface area contributed by atoms with Gasteiger partial charge >= 0.3 is 0 Å². The van der Waals surface area contributed by atoms with E-state index >= 15 is 0 Å². The fourth-order valence-corrected chi connectivity index (χ4v) is 5.73. The maximum atomic E-state index is 12.2. The van der Waals surface area contributed by atoms with E-state index in [1.807, 2.05) is 11.4 Å². The molecule has 1 fully saturated rings. The lowest BCUT2D eigenvalue weighted by molar-refractivity contribution is 0.382. The van der Waals surface area contributed by atoms with Gasteiger partial charge in [0.25, 0.3) is 0 Å². The molecule has 114 valence electrons. The Hall–Kier alpha value is -0.730. The number of aryl methyl sites for hydroxylation is 1. The average Bonchev–Trinajstić information content (AvgIpc) is 3.17. The minimum atomic E-state index is -3.04. The van der Waals surface area contributed by atoms with Crippen LogP contribution in [-0.2, 0) is 16.3 Å². The predicted octanol–water partition coefficient (Wildman–Crippen LogP) is 3.46. The molecule has 2 heterocycles. The highest BCUT2D eigenvalue weighted by molar-refractivity contribution is 9.10.